The van der Waals surface area contributed by atoms with Crippen LogP contribution in [-0.2, 0) is 36.0 Å². The Morgan fingerprint density at radius 3 is 2.81 bits per heavy atom. The van der Waals surface area contributed by atoms with Crippen LogP contribution in [0, 0.1) is 5.92 Å². The summed E-state index contributed by atoms with van der Waals surface area (Å²) >= 11 is 0. The van der Waals surface area contributed by atoms with E-state index in [0.29, 0.717) is 6.54 Å². The quantitative estimate of drug-likeness (QED) is 0.903. The van der Waals surface area contributed by atoms with E-state index in [4.69, 9.17) is 4.74 Å². The Morgan fingerprint density at radius 2 is 2.19 bits per heavy atom. The average molecular weight is 293 g/mol. The molecule has 0 aliphatic carbocycles. The van der Waals surface area contributed by atoms with Gasteiger partial charge in [-0.25, -0.2) is 0 Å². The fourth-order valence-corrected chi connectivity index (χ4v) is 3.17. The fraction of sp³-hybridized carbons (Fsp3) is 0.750. The highest BCUT2D eigenvalue weighted by Gasteiger charge is 2.28. The maximum atomic E-state index is 12.4. The molecule has 0 radical (unpaired) electrons. The summed E-state index contributed by atoms with van der Waals surface area (Å²) in [5.41, 5.74) is 3.47. The maximum absolute atomic E-state index is 12.4. The molecule has 1 aromatic rings. The van der Waals surface area contributed by atoms with Crippen molar-refractivity contribution < 1.29 is 9.53 Å². The Balaban J connectivity index is 2.04. The zero-order chi connectivity index (χ0) is 15.4. The van der Waals surface area contributed by atoms with Crippen LogP contribution in [0.25, 0.3) is 0 Å². The smallest absolute Gasteiger partial charge is 0.225 e. The summed E-state index contributed by atoms with van der Waals surface area (Å²) in [6, 6.07) is 0. The fourth-order valence-electron chi connectivity index (χ4n) is 3.17. The van der Waals surface area contributed by atoms with E-state index in [2.05, 4.69) is 24.3 Å². The summed E-state index contributed by atoms with van der Waals surface area (Å²) < 4.78 is 7.52. The molecule has 21 heavy (non-hydrogen) atoms. The second-order valence-corrected chi connectivity index (χ2v) is 5.75. The number of nitrogens with one attached hydrogen (secondary N) is 1. The predicted octanol–water partition coefficient (Wildman–Crippen LogP) is 1.98. The molecule has 2 heterocycles. The molecule has 0 bridgehead atoms. The standard InChI is InChI=1S/C16H27N3O2/c1-5-14-13(15(6-2)19(4)18-14)10-17-16(20)12-8-7-9-21-11(12)3/h11-12H,5-10H2,1-4H3,(H,17,20)/t11-,12-/m1/s1. The van der Waals surface area contributed by atoms with E-state index in [0.717, 1.165) is 38.0 Å². The molecule has 2 rings (SSSR count). The van der Waals surface area contributed by atoms with Crippen LogP contribution in [0.4, 0.5) is 0 Å². The van der Waals surface area contributed by atoms with E-state index >= 15 is 0 Å². The van der Waals surface area contributed by atoms with E-state index in [1.54, 1.807) is 0 Å². The van der Waals surface area contributed by atoms with Crippen molar-refractivity contribution in [1.82, 2.24) is 15.1 Å². The first-order valence-corrected chi connectivity index (χ1v) is 8.01. The highest BCUT2D eigenvalue weighted by atomic mass is 16.5. The van der Waals surface area contributed by atoms with Crippen LogP contribution >= 0.6 is 0 Å². The van der Waals surface area contributed by atoms with Crippen molar-refractivity contribution in [1.29, 1.82) is 0 Å². The number of amides is 1. The molecule has 0 saturated carbocycles. The van der Waals surface area contributed by atoms with E-state index in [-0.39, 0.29) is 17.9 Å². The molecule has 1 fully saturated rings. The van der Waals surface area contributed by atoms with Crippen molar-refractivity contribution >= 4 is 5.91 Å². The van der Waals surface area contributed by atoms with Crippen LogP contribution in [-0.4, -0.2) is 28.4 Å². The van der Waals surface area contributed by atoms with E-state index in [1.807, 2.05) is 18.7 Å². The molecule has 1 amide bonds. The van der Waals surface area contributed by atoms with E-state index < -0.39 is 0 Å². The van der Waals surface area contributed by atoms with Crippen LogP contribution in [0.2, 0.25) is 0 Å². The van der Waals surface area contributed by atoms with Gasteiger partial charge >= 0.3 is 0 Å². The Kier molecular flexibility index (Phi) is 5.39. The van der Waals surface area contributed by atoms with Gasteiger partial charge in [0.05, 0.1) is 17.7 Å². The molecule has 5 heteroatoms. The number of rotatable bonds is 5. The summed E-state index contributed by atoms with van der Waals surface area (Å²) in [5, 5.41) is 7.64. The minimum absolute atomic E-state index is 0.0175. The number of ether oxygens (including phenoxy) is 1. The van der Waals surface area contributed by atoms with Crippen molar-refractivity contribution in [3.05, 3.63) is 17.0 Å². The molecule has 1 aliphatic heterocycles. The largest absolute Gasteiger partial charge is 0.378 e. The first kappa shape index (κ1) is 16.0. The van der Waals surface area contributed by atoms with E-state index in [1.165, 1.54) is 11.3 Å². The van der Waals surface area contributed by atoms with Crippen LogP contribution in [0.15, 0.2) is 0 Å². The molecule has 1 aromatic heterocycles. The average Bonchev–Trinajstić information content (AvgIpc) is 2.80. The molecule has 2 atom stereocenters. The minimum atomic E-state index is -0.0226. The van der Waals surface area contributed by atoms with Crippen molar-refractivity contribution in [3.63, 3.8) is 0 Å². The van der Waals surface area contributed by atoms with Gasteiger partial charge in [-0.3, -0.25) is 9.48 Å². The molecular weight excluding hydrogens is 266 g/mol. The summed E-state index contributed by atoms with van der Waals surface area (Å²) in [6.07, 6.45) is 3.72. The lowest BCUT2D eigenvalue weighted by atomic mass is 9.94. The summed E-state index contributed by atoms with van der Waals surface area (Å²) in [6.45, 7) is 7.56. The first-order chi connectivity index (χ1) is 10.1. The third-order valence-corrected chi connectivity index (χ3v) is 4.41. The van der Waals surface area contributed by atoms with Gasteiger partial charge in [0.15, 0.2) is 0 Å². The van der Waals surface area contributed by atoms with Crippen LogP contribution in [0.1, 0.15) is 50.6 Å². The van der Waals surface area contributed by atoms with Gasteiger partial charge in [0.1, 0.15) is 0 Å². The lowest BCUT2D eigenvalue weighted by Gasteiger charge is -2.28. The molecule has 0 spiro atoms. The van der Waals surface area contributed by atoms with Crippen LogP contribution in [0.5, 0.6) is 0 Å². The topological polar surface area (TPSA) is 56.2 Å². The third-order valence-electron chi connectivity index (χ3n) is 4.41. The first-order valence-electron chi connectivity index (χ1n) is 8.01. The Labute approximate surface area is 127 Å². The summed E-state index contributed by atoms with van der Waals surface area (Å²) in [5.74, 6) is 0.0840. The second-order valence-electron chi connectivity index (χ2n) is 5.75. The van der Waals surface area contributed by atoms with Gasteiger partial charge in [-0.05, 0) is 32.6 Å². The van der Waals surface area contributed by atoms with Gasteiger partial charge in [0, 0.05) is 31.5 Å². The Hall–Kier alpha value is -1.36. The van der Waals surface area contributed by atoms with Gasteiger partial charge < -0.3 is 10.1 Å². The SMILES string of the molecule is CCc1nn(C)c(CC)c1CNC(=O)[C@@H]1CCCO[C@@H]1C. The number of hydrogen-bond acceptors (Lipinski definition) is 3. The van der Waals surface area contributed by atoms with Crippen LogP contribution < -0.4 is 5.32 Å². The second kappa shape index (κ2) is 7.07. The molecule has 1 saturated heterocycles. The number of carbonyl (C=O) groups excluding carboxylic acids is 1. The monoisotopic (exact) mass is 293 g/mol. The number of nitrogens with zero attached hydrogens (tertiary/aromatic N) is 2. The van der Waals surface area contributed by atoms with Crippen LogP contribution in [0.3, 0.4) is 0 Å². The molecular formula is C16H27N3O2. The van der Waals surface area contributed by atoms with Crippen molar-refractivity contribution in [2.75, 3.05) is 6.61 Å². The Bertz CT molecular complexity index is 496. The summed E-state index contributed by atoms with van der Waals surface area (Å²) in [7, 11) is 1.97. The number of aromatic nitrogens is 2. The zero-order valence-corrected chi connectivity index (χ0v) is 13.6. The zero-order valence-electron chi connectivity index (χ0n) is 13.6. The molecule has 0 aromatic carbocycles. The molecule has 0 unspecified atom stereocenters. The third kappa shape index (κ3) is 3.46. The number of aryl methyl sites for hydroxylation is 2. The molecule has 118 valence electrons. The van der Waals surface area contributed by atoms with Gasteiger partial charge in [-0.15, -0.1) is 0 Å². The molecule has 5 nitrogen and oxygen atoms in total. The molecule has 1 N–H and O–H groups in total. The minimum Gasteiger partial charge on any atom is -0.378 e. The van der Waals surface area contributed by atoms with Crippen molar-refractivity contribution in [2.45, 2.75) is 59.1 Å². The lowest BCUT2D eigenvalue weighted by molar-refractivity contribution is -0.133. The highest BCUT2D eigenvalue weighted by molar-refractivity contribution is 5.79. The van der Waals surface area contributed by atoms with Gasteiger partial charge in [0.2, 0.25) is 5.91 Å². The van der Waals surface area contributed by atoms with Crippen molar-refractivity contribution in [3.8, 4) is 0 Å². The maximum Gasteiger partial charge on any atom is 0.225 e. The Morgan fingerprint density at radius 1 is 1.43 bits per heavy atom. The number of hydrogen-bond donors (Lipinski definition) is 1. The highest BCUT2D eigenvalue weighted by Crippen LogP contribution is 2.21. The predicted molar refractivity (Wildman–Crippen MR) is 81.9 cm³/mol. The van der Waals surface area contributed by atoms with Gasteiger partial charge in [-0.1, -0.05) is 13.8 Å². The lowest BCUT2D eigenvalue weighted by Crippen LogP contribution is -2.40. The van der Waals surface area contributed by atoms with E-state index in [9.17, 15) is 4.79 Å². The summed E-state index contributed by atoms with van der Waals surface area (Å²) in [4.78, 5) is 12.4. The van der Waals surface area contributed by atoms with Gasteiger partial charge in [0.25, 0.3) is 0 Å². The van der Waals surface area contributed by atoms with Gasteiger partial charge in [-0.2, -0.15) is 5.10 Å². The number of carbonyl (C=O) groups is 1. The molecule has 1 aliphatic rings. The van der Waals surface area contributed by atoms with Crippen molar-refractivity contribution in [2.24, 2.45) is 13.0 Å². The normalized spacial score (nSPS) is 22.3.